The number of benzene rings is 1. The van der Waals surface area contributed by atoms with Gasteiger partial charge in [0.2, 0.25) is 5.88 Å². The predicted molar refractivity (Wildman–Crippen MR) is 68.7 cm³/mol. The number of aromatic nitrogens is 2. The summed E-state index contributed by atoms with van der Waals surface area (Å²) in [6, 6.07) is 3.45. The molecule has 0 spiro atoms. The van der Waals surface area contributed by atoms with Gasteiger partial charge in [-0.1, -0.05) is 12.1 Å². The van der Waals surface area contributed by atoms with Gasteiger partial charge in [0, 0.05) is 12.4 Å². The zero-order chi connectivity index (χ0) is 14.5. The number of nitrogens with zero attached hydrogens (tertiary/aromatic N) is 2. The van der Waals surface area contributed by atoms with Crippen LogP contribution in [0.3, 0.4) is 0 Å². The summed E-state index contributed by atoms with van der Waals surface area (Å²) in [6.45, 7) is 0. The highest BCUT2D eigenvalue weighted by atomic mass is 19.2. The van der Waals surface area contributed by atoms with Gasteiger partial charge in [0.25, 0.3) is 0 Å². The van der Waals surface area contributed by atoms with Crippen molar-refractivity contribution in [1.82, 2.24) is 15.4 Å². The summed E-state index contributed by atoms with van der Waals surface area (Å²) in [6.07, 6.45) is 3.07. The van der Waals surface area contributed by atoms with Crippen LogP contribution in [-0.4, -0.2) is 17.1 Å². The first-order chi connectivity index (χ1) is 9.67. The molecule has 0 aliphatic carbocycles. The van der Waals surface area contributed by atoms with E-state index in [1.165, 1.54) is 31.6 Å². The Hall–Kier alpha value is -2.12. The predicted octanol–water partition coefficient (Wildman–Crippen LogP) is 1.51. The van der Waals surface area contributed by atoms with Gasteiger partial charge in [0.05, 0.1) is 13.2 Å². The lowest BCUT2D eigenvalue weighted by Crippen LogP contribution is -2.31. The number of methoxy groups -OCH3 is 1. The van der Waals surface area contributed by atoms with Crippen molar-refractivity contribution in [2.24, 2.45) is 5.84 Å². The molecule has 0 fully saturated rings. The van der Waals surface area contributed by atoms with Crippen molar-refractivity contribution in [3.8, 4) is 5.88 Å². The second-order valence-electron chi connectivity index (χ2n) is 4.09. The Bertz CT molecular complexity index is 594. The third-order valence-corrected chi connectivity index (χ3v) is 2.87. The Morgan fingerprint density at radius 3 is 2.75 bits per heavy atom. The zero-order valence-electron chi connectivity index (χ0n) is 10.8. The van der Waals surface area contributed by atoms with Crippen molar-refractivity contribution < 1.29 is 13.5 Å². The van der Waals surface area contributed by atoms with Gasteiger partial charge in [-0.25, -0.2) is 13.8 Å². The van der Waals surface area contributed by atoms with Crippen LogP contribution in [0, 0.1) is 11.6 Å². The molecule has 1 unspecified atom stereocenters. The summed E-state index contributed by atoms with van der Waals surface area (Å²) in [4.78, 5) is 8.12. The molecule has 1 aromatic heterocycles. The lowest BCUT2D eigenvalue weighted by molar-refractivity contribution is 0.376. The molecule has 0 bridgehead atoms. The average Bonchev–Trinajstić information content (AvgIpc) is 2.49. The van der Waals surface area contributed by atoms with Gasteiger partial charge in [0.1, 0.15) is 5.69 Å². The summed E-state index contributed by atoms with van der Waals surface area (Å²) in [5.41, 5.74) is 3.14. The highest BCUT2D eigenvalue weighted by Gasteiger charge is 2.20. The molecular formula is C13H14F2N4O. The monoisotopic (exact) mass is 280 g/mol. The van der Waals surface area contributed by atoms with Crippen molar-refractivity contribution in [2.75, 3.05) is 7.11 Å². The van der Waals surface area contributed by atoms with Gasteiger partial charge < -0.3 is 4.74 Å². The number of nitrogens with two attached hydrogens (primary N) is 1. The lowest BCUT2D eigenvalue weighted by atomic mass is 10.0. The highest BCUT2D eigenvalue weighted by Crippen LogP contribution is 2.24. The van der Waals surface area contributed by atoms with Crippen LogP contribution in [0.2, 0.25) is 0 Å². The summed E-state index contributed by atoms with van der Waals surface area (Å²) in [5, 5.41) is 0. The average molecular weight is 280 g/mol. The molecule has 2 rings (SSSR count). The number of ether oxygens (including phenoxy) is 1. The van der Waals surface area contributed by atoms with Gasteiger partial charge in [-0.15, -0.1) is 0 Å². The van der Waals surface area contributed by atoms with Crippen LogP contribution < -0.4 is 16.0 Å². The number of halogens is 2. The second-order valence-corrected chi connectivity index (χ2v) is 4.09. The van der Waals surface area contributed by atoms with Crippen molar-refractivity contribution in [1.29, 1.82) is 0 Å². The minimum atomic E-state index is -0.899. The Kier molecular flexibility index (Phi) is 4.54. The zero-order valence-corrected chi connectivity index (χ0v) is 10.8. The van der Waals surface area contributed by atoms with E-state index in [1.54, 1.807) is 0 Å². The van der Waals surface area contributed by atoms with Crippen LogP contribution in [-0.2, 0) is 6.42 Å². The normalized spacial score (nSPS) is 12.2. The molecule has 0 radical (unpaired) electrons. The molecular weight excluding hydrogens is 266 g/mol. The number of nitrogens with one attached hydrogen (secondary N) is 1. The smallest absolute Gasteiger partial charge is 0.237 e. The summed E-state index contributed by atoms with van der Waals surface area (Å²) >= 11 is 0. The van der Waals surface area contributed by atoms with Crippen molar-refractivity contribution in [3.63, 3.8) is 0 Å². The topological polar surface area (TPSA) is 73.1 Å². The van der Waals surface area contributed by atoms with Gasteiger partial charge in [0.15, 0.2) is 11.6 Å². The van der Waals surface area contributed by atoms with E-state index >= 15 is 0 Å². The van der Waals surface area contributed by atoms with E-state index in [4.69, 9.17) is 10.6 Å². The van der Waals surface area contributed by atoms with Gasteiger partial charge in [-0.05, 0) is 18.1 Å². The molecule has 7 heteroatoms. The van der Waals surface area contributed by atoms with Crippen molar-refractivity contribution in [3.05, 3.63) is 53.5 Å². The molecule has 0 saturated carbocycles. The number of rotatable bonds is 5. The first kappa shape index (κ1) is 14.3. The first-order valence-corrected chi connectivity index (χ1v) is 5.91. The van der Waals surface area contributed by atoms with E-state index in [0.29, 0.717) is 5.69 Å². The molecule has 20 heavy (non-hydrogen) atoms. The van der Waals surface area contributed by atoms with Crippen molar-refractivity contribution in [2.45, 2.75) is 12.5 Å². The molecule has 0 aliphatic rings. The maximum atomic E-state index is 13.7. The fraction of sp³-hybridized carbons (Fsp3) is 0.231. The lowest BCUT2D eigenvalue weighted by Gasteiger charge is -2.17. The molecule has 5 nitrogen and oxygen atoms in total. The van der Waals surface area contributed by atoms with Crippen LogP contribution in [0.25, 0.3) is 0 Å². The Labute approximate surface area is 114 Å². The van der Waals surface area contributed by atoms with Crippen LogP contribution in [0.15, 0.2) is 30.6 Å². The minimum Gasteiger partial charge on any atom is -0.480 e. The van der Waals surface area contributed by atoms with E-state index in [9.17, 15) is 8.78 Å². The van der Waals surface area contributed by atoms with Crippen LogP contribution in [0.1, 0.15) is 17.3 Å². The van der Waals surface area contributed by atoms with Crippen LogP contribution in [0.5, 0.6) is 5.88 Å². The van der Waals surface area contributed by atoms with Gasteiger partial charge >= 0.3 is 0 Å². The third-order valence-electron chi connectivity index (χ3n) is 2.87. The van der Waals surface area contributed by atoms with Crippen LogP contribution in [0.4, 0.5) is 8.78 Å². The molecule has 1 atom stereocenters. The SMILES string of the molecule is COc1nccnc1C(Cc1cccc(F)c1F)NN. The molecule has 1 aromatic carbocycles. The summed E-state index contributed by atoms with van der Waals surface area (Å²) in [5.74, 6) is 3.97. The summed E-state index contributed by atoms with van der Waals surface area (Å²) in [7, 11) is 1.45. The molecule has 2 aromatic rings. The van der Waals surface area contributed by atoms with Gasteiger partial charge in [-0.3, -0.25) is 16.3 Å². The number of hydrogen-bond acceptors (Lipinski definition) is 5. The largest absolute Gasteiger partial charge is 0.480 e. The Morgan fingerprint density at radius 1 is 1.30 bits per heavy atom. The van der Waals surface area contributed by atoms with E-state index < -0.39 is 17.7 Å². The molecule has 106 valence electrons. The highest BCUT2D eigenvalue weighted by molar-refractivity contribution is 5.26. The molecule has 1 heterocycles. The molecule has 0 aliphatic heterocycles. The van der Waals surface area contributed by atoms with E-state index in [0.717, 1.165) is 6.07 Å². The Morgan fingerprint density at radius 2 is 2.05 bits per heavy atom. The fourth-order valence-corrected chi connectivity index (χ4v) is 1.89. The maximum absolute atomic E-state index is 13.7. The minimum absolute atomic E-state index is 0.120. The second kappa shape index (κ2) is 6.36. The fourth-order valence-electron chi connectivity index (χ4n) is 1.89. The first-order valence-electron chi connectivity index (χ1n) is 5.91. The van der Waals surface area contributed by atoms with E-state index in [1.807, 2.05) is 0 Å². The summed E-state index contributed by atoms with van der Waals surface area (Å²) < 4.78 is 32.0. The number of hydrogen-bond donors (Lipinski definition) is 2. The molecule has 0 saturated heterocycles. The molecule has 3 N–H and O–H groups in total. The van der Waals surface area contributed by atoms with Crippen LogP contribution >= 0.6 is 0 Å². The number of hydrazine groups is 1. The Balaban J connectivity index is 2.31. The van der Waals surface area contributed by atoms with Gasteiger partial charge in [-0.2, -0.15) is 0 Å². The van der Waals surface area contributed by atoms with Crippen molar-refractivity contribution >= 4 is 0 Å². The molecule has 0 amide bonds. The van der Waals surface area contributed by atoms with E-state index in [2.05, 4.69) is 15.4 Å². The maximum Gasteiger partial charge on any atom is 0.237 e. The quantitative estimate of drug-likeness (QED) is 0.641. The third kappa shape index (κ3) is 2.89. The van der Waals surface area contributed by atoms with E-state index in [-0.39, 0.29) is 17.9 Å². The standard InChI is InChI=1S/C13H14F2N4O/c1-20-13-12(17-5-6-18-13)10(19-16)7-8-3-2-4-9(14)11(8)15/h2-6,10,19H,7,16H2,1H3.